The third-order valence-corrected chi connectivity index (χ3v) is 1.99. The molecule has 0 aliphatic rings. The summed E-state index contributed by atoms with van der Waals surface area (Å²) in [5.74, 6) is 0.0931. The van der Waals surface area contributed by atoms with Crippen LogP contribution >= 0.6 is 0 Å². The summed E-state index contributed by atoms with van der Waals surface area (Å²) in [6.45, 7) is 3.60. The minimum atomic E-state index is -1.01. The second-order valence-corrected chi connectivity index (χ2v) is 3.02. The highest BCUT2D eigenvalue weighted by molar-refractivity contribution is 5.72. The first-order valence-electron chi connectivity index (χ1n) is 4.23. The molecule has 0 saturated carbocycles. The predicted octanol–water partition coefficient (Wildman–Crippen LogP) is 0.934. The predicted molar refractivity (Wildman–Crippen MR) is 48.1 cm³/mol. The number of rotatable bonds is 4. The van der Waals surface area contributed by atoms with E-state index >= 15 is 0 Å². The molecule has 0 radical (unpaired) electrons. The molecule has 0 aliphatic carbocycles. The number of oxazole rings is 1. The van der Waals surface area contributed by atoms with Gasteiger partial charge in [-0.25, -0.2) is 9.78 Å². The van der Waals surface area contributed by atoms with Gasteiger partial charge < -0.3 is 14.3 Å². The van der Waals surface area contributed by atoms with E-state index in [-0.39, 0.29) is 6.42 Å². The molecular weight excluding hydrogens is 186 g/mol. The highest BCUT2D eigenvalue weighted by Gasteiger charge is 2.20. The summed E-state index contributed by atoms with van der Waals surface area (Å²) >= 11 is 0. The van der Waals surface area contributed by atoms with Gasteiger partial charge in [0.2, 0.25) is 0 Å². The molecule has 1 aromatic heterocycles. The van der Waals surface area contributed by atoms with Gasteiger partial charge in [0.15, 0.2) is 12.0 Å². The number of hydrogen-bond acceptors (Lipinski definition) is 4. The van der Waals surface area contributed by atoms with Gasteiger partial charge in [0.05, 0.1) is 12.1 Å². The van der Waals surface area contributed by atoms with E-state index in [1.807, 2.05) is 6.92 Å². The molecule has 0 aromatic carbocycles. The summed E-state index contributed by atoms with van der Waals surface area (Å²) in [5.41, 5.74) is 0.778. The van der Waals surface area contributed by atoms with Gasteiger partial charge in [-0.1, -0.05) is 0 Å². The van der Waals surface area contributed by atoms with Gasteiger partial charge in [0, 0.05) is 7.11 Å². The molecule has 1 heterocycles. The van der Waals surface area contributed by atoms with E-state index < -0.39 is 12.1 Å². The number of aryl methyl sites for hydroxylation is 2. The van der Waals surface area contributed by atoms with E-state index in [4.69, 9.17) is 14.3 Å². The number of carboxylic acid groups (broad SMARTS) is 1. The van der Waals surface area contributed by atoms with Gasteiger partial charge in [-0.05, 0) is 13.8 Å². The lowest BCUT2D eigenvalue weighted by molar-refractivity contribution is -0.148. The largest absolute Gasteiger partial charge is 0.479 e. The van der Waals surface area contributed by atoms with Crippen molar-refractivity contribution in [2.45, 2.75) is 26.4 Å². The van der Waals surface area contributed by atoms with E-state index in [9.17, 15) is 4.79 Å². The number of nitrogens with zero attached hydrogens (tertiary/aromatic N) is 1. The Balaban J connectivity index is 2.72. The van der Waals surface area contributed by atoms with Crippen molar-refractivity contribution < 1.29 is 19.1 Å². The molecule has 5 heteroatoms. The first kappa shape index (κ1) is 10.7. The monoisotopic (exact) mass is 199 g/mol. The number of aliphatic carboxylic acids is 1. The lowest BCUT2D eigenvalue weighted by atomic mass is 10.2. The van der Waals surface area contributed by atoms with Crippen molar-refractivity contribution in [3.8, 4) is 0 Å². The molecule has 0 spiro atoms. The highest BCUT2D eigenvalue weighted by Crippen LogP contribution is 2.11. The first-order valence-corrected chi connectivity index (χ1v) is 4.23. The Morgan fingerprint density at radius 1 is 1.64 bits per heavy atom. The van der Waals surface area contributed by atoms with Crippen LogP contribution in [-0.2, 0) is 16.0 Å². The molecule has 1 rings (SSSR count). The van der Waals surface area contributed by atoms with E-state index in [0.717, 1.165) is 5.69 Å². The molecule has 5 nitrogen and oxygen atoms in total. The molecule has 0 aliphatic heterocycles. The zero-order chi connectivity index (χ0) is 10.7. The van der Waals surface area contributed by atoms with Gasteiger partial charge in [0.1, 0.15) is 5.76 Å². The molecule has 78 valence electrons. The van der Waals surface area contributed by atoms with Crippen LogP contribution in [0.5, 0.6) is 0 Å². The molecule has 1 unspecified atom stereocenters. The zero-order valence-electron chi connectivity index (χ0n) is 8.40. The highest BCUT2D eigenvalue weighted by atomic mass is 16.5. The number of hydrogen-bond donors (Lipinski definition) is 1. The van der Waals surface area contributed by atoms with E-state index in [2.05, 4.69) is 4.98 Å². The Morgan fingerprint density at radius 2 is 2.29 bits per heavy atom. The summed E-state index contributed by atoms with van der Waals surface area (Å²) in [6.07, 6.45) is -0.743. The van der Waals surface area contributed by atoms with Crippen molar-refractivity contribution in [1.29, 1.82) is 0 Å². The minimum absolute atomic E-state index is 0.153. The fourth-order valence-corrected chi connectivity index (χ4v) is 1.06. The first-order chi connectivity index (χ1) is 6.54. The Morgan fingerprint density at radius 3 is 2.64 bits per heavy atom. The van der Waals surface area contributed by atoms with Crippen LogP contribution in [0.4, 0.5) is 0 Å². The fourth-order valence-electron chi connectivity index (χ4n) is 1.06. The van der Waals surface area contributed by atoms with Crippen molar-refractivity contribution in [3.05, 3.63) is 17.3 Å². The topological polar surface area (TPSA) is 72.6 Å². The number of ether oxygens (including phenoxy) is 1. The summed E-state index contributed by atoms with van der Waals surface area (Å²) in [7, 11) is 1.35. The molecule has 0 saturated heterocycles. The molecule has 0 bridgehead atoms. The van der Waals surface area contributed by atoms with E-state index in [1.165, 1.54) is 7.11 Å². The van der Waals surface area contributed by atoms with Crippen LogP contribution in [0, 0.1) is 13.8 Å². The molecule has 0 amide bonds. The number of carbonyl (C=O) groups is 1. The van der Waals surface area contributed by atoms with E-state index in [1.54, 1.807) is 6.92 Å². The van der Waals surface area contributed by atoms with Crippen molar-refractivity contribution in [2.24, 2.45) is 0 Å². The molecule has 0 fully saturated rings. The van der Waals surface area contributed by atoms with Gasteiger partial charge in [-0.2, -0.15) is 0 Å². The van der Waals surface area contributed by atoms with Gasteiger partial charge in [-0.3, -0.25) is 0 Å². The summed E-state index contributed by atoms with van der Waals surface area (Å²) in [5, 5.41) is 8.72. The normalized spacial score (nSPS) is 12.8. The third-order valence-electron chi connectivity index (χ3n) is 1.99. The lowest BCUT2D eigenvalue weighted by Crippen LogP contribution is -2.24. The smallest absolute Gasteiger partial charge is 0.333 e. The summed E-state index contributed by atoms with van der Waals surface area (Å²) in [4.78, 5) is 14.7. The molecule has 1 N–H and O–H groups in total. The van der Waals surface area contributed by atoms with Crippen LogP contribution in [0.15, 0.2) is 4.42 Å². The summed E-state index contributed by atoms with van der Waals surface area (Å²) in [6, 6.07) is 0. The van der Waals surface area contributed by atoms with Crippen molar-refractivity contribution in [3.63, 3.8) is 0 Å². The SMILES string of the molecule is COC(Cc1nc(C)c(C)o1)C(=O)O. The summed E-state index contributed by atoms with van der Waals surface area (Å²) < 4.78 is 10.0. The Hall–Kier alpha value is -1.36. The van der Waals surface area contributed by atoms with Crippen LogP contribution in [0.2, 0.25) is 0 Å². The quantitative estimate of drug-likeness (QED) is 0.781. The van der Waals surface area contributed by atoms with E-state index in [0.29, 0.717) is 11.7 Å². The van der Waals surface area contributed by atoms with Crippen molar-refractivity contribution in [2.75, 3.05) is 7.11 Å². The lowest BCUT2D eigenvalue weighted by Gasteiger charge is -2.06. The van der Waals surface area contributed by atoms with Gasteiger partial charge in [-0.15, -0.1) is 0 Å². The average Bonchev–Trinajstić information content (AvgIpc) is 2.41. The molecule has 1 atom stereocenters. The van der Waals surface area contributed by atoms with Crippen molar-refractivity contribution >= 4 is 5.97 Å². The van der Waals surface area contributed by atoms with Gasteiger partial charge in [0.25, 0.3) is 0 Å². The standard InChI is InChI=1S/C9H13NO4/c1-5-6(2)14-8(10-5)4-7(13-3)9(11)12/h7H,4H2,1-3H3,(H,11,12). The number of aromatic nitrogens is 1. The maximum absolute atomic E-state index is 10.6. The van der Waals surface area contributed by atoms with Gasteiger partial charge >= 0.3 is 5.97 Å². The zero-order valence-corrected chi connectivity index (χ0v) is 8.40. The van der Waals surface area contributed by atoms with Crippen LogP contribution in [-0.4, -0.2) is 29.3 Å². The number of methoxy groups -OCH3 is 1. The van der Waals surface area contributed by atoms with Crippen LogP contribution in [0.1, 0.15) is 17.3 Å². The Labute approximate surface area is 81.7 Å². The molecular formula is C9H13NO4. The van der Waals surface area contributed by atoms with Crippen LogP contribution < -0.4 is 0 Å². The molecule has 1 aromatic rings. The Bertz CT molecular complexity index is 312. The van der Waals surface area contributed by atoms with Crippen LogP contribution in [0.25, 0.3) is 0 Å². The minimum Gasteiger partial charge on any atom is -0.479 e. The second-order valence-electron chi connectivity index (χ2n) is 3.02. The third kappa shape index (κ3) is 2.32. The average molecular weight is 199 g/mol. The Kier molecular flexibility index (Phi) is 3.24. The maximum atomic E-state index is 10.6. The molecule has 14 heavy (non-hydrogen) atoms. The van der Waals surface area contributed by atoms with Crippen molar-refractivity contribution in [1.82, 2.24) is 4.98 Å². The van der Waals surface area contributed by atoms with Crippen LogP contribution in [0.3, 0.4) is 0 Å². The maximum Gasteiger partial charge on any atom is 0.333 e. The fraction of sp³-hybridized carbons (Fsp3) is 0.556. The number of carboxylic acids is 1. The second kappa shape index (κ2) is 4.23.